The average Bonchev–Trinajstić information content (AvgIpc) is 2.68. The Morgan fingerprint density at radius 1 is 1.50 bits per heavy atom. The van der Waals surface area contributed by atoms with Crippen LogP contribution in [0.2, 0.25) is 0 Å². The zero-order chi connectivity index (χ0) is 11.5. The van der Waals surface area contributed by atoms with Crippen LogP contribution >= 0.6 is 0 Å². The summed E-state index contributed by atoms with van der Waals surface area (Å²) in [6.45, 7) is 7.22. The van der Waals surface area contributed by atoms with E-state index < -0.39 is 0 Å². The van der Waals surface area contributed by atoms with Gasteiger partial charge in [0.15, 0.2) is 0 Å². The fourth-order valence-corrected chi connectivity index (χ4v) is 2.30. The van der Waals surface area contributed by atoms with Gasteiger partial charge in [-0.05, 0) is 37.6 Å². The normalized spacial score (nSPS) is 16.3. The van der Waals surface area contributed by atoms with Crippen molar-refractivity contribution in [1.82, 2.24) is 5.32 Å². The lowest BCUT2D eigenvalue weighted by Gasteiger charge is -2.27. The van der Waals surface area contributed by atoms with Gasteiger partial charge >= 0.3 is 0 Å². The molecular weight excluding hydrogens is 203 g/mol. The van der Waals surface area contributed by atoms with Crippen molar-refractivity contribution in [3.05, 3.63) is 29.6 Å². The molecule has 1 aromatic carbocycles. The van der Waals surface area contributed by atoms with Crippen LogP contribution in [0.15, 0.2) is 18.2 Å². The van der Waals surface area contributed by atoms with Crippen LogP contribution in [0.3, 0.4) is 0 Å². The lowest BCUT2D eigenvalue weighted by atomic mass is 10.1. The Morgan fingerprint density at radius 3 is 3.06 bits per heavy atom. The van der Waals surface area contributed by atoms with Crippen LogP contribution in [0, 0.1) is 5.82 Å². The largest absolute Gasteiger partial charge is 0.367 e. The number of halogens is 1. The summed E-state index contributed by atoms with van der Waals surface area (Å²) in [5.41, 5.74) is 2.34. The van der Waals surface area contributed by atoms with Crippen molar-refractivity contribution in [2.24, 2.45) is 0 Å². The Balaban J connectivity index is 2.12. The molecule has 1 aromatic rings. The molecular formula is C13H19FN2. The molecule has 0 aromatic heterocycles. The highest BCUT2D eigenvalue weighted by molar-refractivity contribution is 5.58. The molecule has 1 atom stereocenters. The topological polar surface area (TPSA) is 15.3 Å². The number of rotatable bonds is 4. The Hall–Kier alpha value is -1.09. The van der Waals surface area contributed by atoms with Crippen molar-refractivity contribution in [3.63, 3.8) is 0 Å². The Morgan fingerprint density at radius 2 is 2.31 bits per heavy atom. The first-order valence-corrected chi connectivity index (χ1v) is 5.98. The molecule has 3 heteroatoms. The first-order chi connectivity index (χ1) is 7.72. The fraction of sp³-hybridized carbons (Fsp3) is 0.538. The van der Waals surface area contributed by atoms with Crippen molar-refractivity contribution >= 4 is 5.69 Å². The number of likely N-dealkylation sites (N-methyl/N-ethyl adjacent to an activating group) is 1. The molecule has 1 N–H and O–H groups in total. The number of hydrogen-bond donors (Lipinski definition) is 1. The second-order valence-electron chi connectivity index (χ2n) is 4.37. The third-order valence-electron chi connectivity index (χ3n) is 3.20. The van der Waals surface area contributed by atoms with Gasteiger partial charge in [0, 0.05) is 24.8 Å². The molecule has 1 aliphatic heterocycles. The second-order valence-corrected chi connectivity index (χ2v) is 4.37. The minimum atomic E-state index is -0.138. The lowest BCUT2D eigenvalue weighted by Crippen LogP contribution is -2.39. The summed E-state index contributed by atoms with van der Waals surface area (Å²) in [6, 6.07) is 5.54. The van der Waals surface area contributed by atoms with E-state index in [1.54, 1.807) is 12.1 Å². The predicted octanol–water partition coefficient (Wildman–Crippen LogP) is 2.19. The van der Waals surface area contributed by atoms with Crippen LogP contribution < -0.4 is 10.2 Å². The zero-order valence-corrected chi connectivity index (χ0v) is 9.96. The maximum Gasteiger partial charge on any atom is 0.125 e. The Labute approximate surface area is 96.5 Å². The van der Waals surface area contributed by atoms with Crippen molar-refractivity contribution in [2.75, 3.05) is 24.5 Å². The maximum absolute atomic E-state index is 13.2. The van der Waals surface area contributed by atoms with Gasteiger partial charge in [0.25, 0.3) is 0 Å². The molecule has 88 valence electrons. The molecule has 0 saturated carbocycles. The molecule has 0 radical (unpaired) electrons. The number of benzene rings is 1. The van der Waals surface area contributed by atoms with Crippen molar-refractivity contribution in [1.29, 1.82) is 0 Å². The number of hydrogen-bond acceptors (Lipinski definition) is 2. The molecule has 0 bridgehead atoms. The molecule has 2 nitrogen and oxygen atoms in total. The first-order valence-electron chi connectivity index (χ1n) is 5.98. The molecule has 0 aliphatic carbocycles. The number of nitrogens with one attached hydrogen (secondary N) is 1. The summed E-state index contributed by atoms with van der Waals surface area (Å²) in [7, 11) is 0. The van der Waals surface area contributed by atoms with E-state index in [4.69, 9.17) is 0 Å². The van der Waals surface area contributed by atoms with Gasteiger partial charge < -0.3 is 10.2 Å². The molecule has 0 fully saturated rings. The van der Waals surface area contributed by atoms with Crippen molar-refractivity contribution in [3.8, 4) is 0 Å². The minimum absolute atomic E-state index is 0.138. The third-order valence-corrected chi connectivity index (χ3v) is 3.20. The monoisotopic (exact) mass is 222 g/mol. The van der Waals surface area contributed by atoms with Crippen LogP contribution in [0.4, 0.5) is 10.1 Å². The van der Waals surface area contributed by atoms with E-state index in [-0.39, 0.29) is 5.82 Å². The third kappa shape index (κ3) is 2.19. The lowest BCUT2D eigenvalue weighted by molar-refractivity contribution is 0.582. The fourth-order valence-electron chi connectivity index (χ4n) is 2.30. The summed E-state index contributed by atoms with van der Waals surface area (Å²) in [5.74, 6) is -0.138. The van der Waals surface area contributed by atoms with E-state index in [2.05, 4.69) is 24.1 Å². The van der Waals surface area contributed by atoms with E-state index in [0.29, 0.717) is 6.04 Å². The molecule has 1 aliphatic rings. The van der Waals surface area contributed by atoms with Gasteiger partial charge in [0.1, 0.15) is 5.82 Å². The van der Waals surface area contributed by atoms with Crippen LogP contribution in [-0.4, -0.2) is 25.7 Å². The summed E-state index contributed by atoms with van der Waals surface area (Å²) < 4.78 is 13.2. The van der Waals surface area contributed by atoms with Gasteiger partial charge in [-0.25, -0.2) is 4.39 Å². The number of anilines is 1. The summed E-state index contributed by atoms with van der Waals surface area (Å²) in [6.07, 6.45) is 1.03. The molecule has 1 unspecified atom stereocenters. The average molecular weight is 222 g/mol. The van der Waals surface area contributed by atoms with Gasteiger partial charge in [-0.2, -0.15) is 0 Å². The van der Waals surface area contributed by atoms with E-state index in [1.807, 2.05) is 6.07 Å². The molecule has 2 rings (SSSR count). The molecule has 1 heterocycles. The maximum atomic E-state index is 13.2. The molecule has 0 spiro atoms. The highest BCUT2D eigenvalue weighted by atomic mass is 19.1. The van der Waals surface area contributed by atoms with Crippen LogP contribution in [-0.2, 0) is 6.42 Å². The van der Waals surface area contributed by atoms with Crippen LogP contribution in [0.5, 0.6) is 0 Å². The predicted molar refractivity (Wildman–Crippen MR) is 65.5 cm³/mol. The van der Waals surface area contributed by atoms with E-state index >= 15 is 0 Å². The van der Waals surface area contributed by atoms with Crippen molar-refractivity contribution in [2.45, 2.75) is 26.3 Å². The smallest absolute Gasteiger partial charge is 0.125 e. The molecule has 0 saturated heterocycles. The van der Waals surface area contributed by atoms with Crippen molar-refractivity contribution < 1.29 is 4.39 Å². The quantitative estimate of drug-likeness (QED) is 0.840. The van der Waals surface area contributed by atoms with Gasteiger partial charge in [-0.1, -0.05) is 13.0 Å². The standard InChI is InChI=1S/C13H19FN2/c1-3-15-9-10(2)16-7-6-11-4-5-12(14)8-13(11)16/h4-5,8,10,15H,3,6-7,9H2,1-2H3. The van der Waals surface area contributed by atoms with Gasteiger partial charge in [0.2, 0.25) is 0 Å². The number of fused-ring (bicyclic) bond motifs is 1. The minimum Gasteiger partial charge on any atom is -0.367 e. The Kier molecular flexibility index (Phi) is 3.44. The van der Waals surface area contributed by atoms with Gasteiger partial charge in [-0.3, -0.25) is 0 Å². The van der Waals surface area contributed by atoms with E-state index in [0.717, 1.165) is 31.7 Å². The van der Waals surface area contributed by atoms with Crippen LogP contribution in [0.25, 0.3) is 0 Å². The highest BCUT2D eigenvalue weighted by Crippen LogP contribution is 2.30. The van der Waals surface area contributed by atoms with Gasteiger partial charge in [0.05, 0.1) is 0 Å². The van der Waals surface area contributed by atoms with Crippen LogP contribution in [0.1, 0.15) is 19.4 Å². The second kappa shape index (κ2) is 4.83. The highest BCUT2D eigenvalue weighted by Gasteiger charge is 2.23. The van der Waals surface area contributed by atoms with E-state index in [1.165, 1.54) is 5.56 Å². The van der Waals surface area contributed by atoms with E-state index in [9.17, 15) is 4.39 Å². The summed E-state index contributed by atoms with van der Waals surface area (Å²) in [4.78, 5) is 2.29. The Bertz CT molecular complexity index is 365. The summed E-state index contributed by atoms with van der Waals surface area (Å²) >= 11 is 0. The van der Waals surface area contributed by atoms with Gasteiger partial charge in [-0.15, -0.1) is 0 Å². The zero-order valence-electron chi connectivity index (χ0n) is 9.96. The first kappa shape index (κ1) is 11.4. The number of nitrogens with zero attached hydrogens (tertiary/aromatic N) is 1. The molecule has 0 amide bonds. The molecule has 16 heavy (non-hydrogen) atoms. The SMILES string of the molecule is CCNCC(C)N1CCc2ccc(F)cc21. The summed E-state index contributed by atoms with van der Waals surface area (Å²) in [5, 5.41) is 3.33.